The van der Waals surface area contributed by atoms with Crippen molar-refractivity contribution < 1.29 is 9.53 Å². The van der Waals surface area contributed by atoms with E-state index in [4.69, 9.17) is 0 Å². The molecule has 0 radical (unpaired) electrons. The molecule has 24 heavy (non-hydrogen) atoms. The highest BCUT2D eigenvalue weighted by Crippen LogP contribution is 2.05. The smallest absolute Gasteiger partial charge is 0.305 e. The Bertz CT molecular complexity index is 515. The number of carbonyl (C=O) groups is 1. The van der Waals surface area contributed by atoms with Crippen molar-refractivity contribution in [3.05, 3.63) is 35.4 Å². The fourth-order valence-corrected chi connectivity index (χ4v) is 2.38. The highest BCUT2D eigenvalue weighted by atomic mass is 16.5. The second-order valence-electron chi connectivity index (χ2n) is 5.85. The Kier molecular flexibility index (Phi) is 10.3. The van der Waals surface area contributed by atoms with Crippen LogP contribution in [0.2, 0.25) is 0 Å². The minimum Gasteiger partial charge on any atom is -0.469 e. The number of hydrogen-bond acceptors (Lipinski definition) is 3. The summed E-state index contributed by atoms with van der Waals surface area (Å²) in [5, 5.41) is 6.63. The average molecular weight is 333 g/mol. The van der Waals surface area contributed by atoms with Crippen molar-refractivity contribution in [2.45, 2.75) is 52.5 Å². The zero-order valence-corrected chi connectivity index (χ0v) is 15.2. The Morgan fingerprint density at radius 1 is 1.17 bits per heavy atom. The van der Waals surface area contributed by atoms with Gasteiger partial charge in [0, 0.05) is 19.5 Å². The Hall–Kier alpha value is -2.04. The Labute approximate surface area is 145 Å². The molecular formula is C19H31N3O2. The molecule has 5 heteroatoms. The predicted octanol–water partition coefficient (Wildman–Crippen LogP) is 3.17. The Morgan fingerprint density at radius 3 is 2.67 bits per heavy atom. The second-order valence-corrected chi connectivity index (χ2v) is 5.85. The molecule has 0 saturated carbocycles. The molecule has 0 bridgehead atoms. The quantitative estimate of drug-likeness (QED) is 0.299. The number of rotatable bonds is 10. The van der Waals surface area contributed by atoms with Gasteiger partial charge in [0.2, 0.25) is 0 Å². The lowest BCUT2D eigenvalue weighted by Crippen LogP contribution is -2.37. The summed E-state index contributed by atoms with van der Waals surface area (Å²) in [4.78, 5) is 15.6. The molecule has 0 spiro atoms. The summed E-state index contributed by atoms with van der Waals surface area (Å²) in [6, 6.07) is 8.42. The largest absolute Gasteiger partial charge is 0.469 e. The maximum atomic E-state index is 11.0. The standard InChI is InChI=1S/C19H31N3O2/c1-4-20-19(22-15-17-11-9-10-16(2)14-17)21-13-8-6-5-7-12-18(23)24-3/h9-11,14H,4-8,12-13,15H2,1-3H3,(H2,20,21,22). The molecule has 0 unspecified atom stereocenters. The monoisotopic (exact) mass is 333 g/mol. The van der Waals surface area contributed by atoms with Gasteiger partial charge in [0.15, 0.2) is 5.96 Å². The van der Waals surface area contributed by atoms with Gasteiger partial charge in [-0.1, -0.05) is 42.7 Å². The summed E-state index contributed by atoms with van der Waals surface area (Å²) in [6.07, 6.45) is 4.63. The van der Waals surface area contributed by atoms with Crippen molar-refractivity contribution in [1.82, 2.24) is 10.6 Å². The number of unbranched alkanes of at least 4 members (excludes halogenated alkanes) is 3. The van der Waals surface area contributed by atoms with Crippen molar-refractivity contribution in [1.29, 1.82) is 0 Å². The topological polar surface area (TPSA) is 62.7 Å². The van der Waals surface area contributed by atoms with E-state index in [9.17, 15) is 4.79 Å². The number of nitrogens with zero attached hydrogens (tertiary/aromatic N) is 1. The van der Waals surface area contributed by atoms with Gasteiger partial charge in [0.05, 0.1) is 13.7 Å². The number of hydrogen-bond donors (Lipinski definition) is 2. The van der Waals surface area contributed by atoms with Gasteiger partial charge in [-0.05, 0) is 32.3 Å². The minimum absolute atomic E-state index is 0.120. The van der Waals surface area contributed by atoms with Crippen LogP contribution in [0, 0.1) is 6.92 Å². The molecule has 5 nitrogen and oxygen atoms in total. The van der Waals surface area contributed by atoms with Gasteiger partial charge in [-0.2, -0.15) is 0 Å². The van der Waals surface area contributed by atoms with Crippen LogP contribution >= 0.6 is 0 Å². The minimum atomic E-state index is -0.120. The van der Waals surface area contributed by atoms with Crippen LogP contribution in [0.1, 0.15) is 50.2 Å². The van der Waals surface area contributed by atoms with E-state index in [1.807, 2.05) is 0 Å². The lowest BCUT2D eigenvalue weighted by Gasteiger charge is -2.11. The van der Waals surface area contributed by atoms with E-state index in [1.54, 1.807) is 0 Å². The van der Waals surface area contributed by atoms with Gasteiger partial charge in [-0.25, -0.2) is 4.99 Å². The van der Waals surface area contributed by atoms with Crippen molar-refractivity contribution in [2.75, 3.05) is 20.2 Å². The fraction of sp³-hybridized carbons (Fsp3) is 0.579. The second kappa shape index (κ2) is 12.4. The molecule has 2 N–H and O–H groups in total. The molecule has 0 aliphatic rings. The molecule has 0 fully saturated rings. The van der Waals surface area contributed by atoms with Crippen LogP contribution in [0.15, 0.2) is 29.3 Å². The maximum absolute atomic E-state index is 11.0. The van der Waals surface area contributed by atoms with Crippen molar-refractivity contribution in [3.63, 3.8) is 0 Å². The van der Waals surface area contributed by atoms with Crippen LogP contribution in [-0.4, -0.2) is 32.1 Å². The first-order chi connectivity index (χ1) is 11.7. The van der Waals surface area contributed by atoms with Crippen LogP contribution in [0.5, 0.6) is 0 Å². The Balaban J connectivity index is 2.25. The molecule has 1 aromatic rings. The summed E-state index contributed by atoms with van der Waals surface area (Å²) in [5.41, 5.74) is 2.47. The lowest BCUT2D eigenvalue weighted by atomic mass is 10.1. The average Bonchev–Trinajstić information content (AvgIpc) is 2.58. The summed E-state index contributed by atoms with van der Waals surface area (Å²) >= 11 is 0. The van der Waals surface area contributed by atoms with E-state index in [0.717, 1.165) is 44.7 Å². The van der Waals surface area contributed by atoms with Gasteiger partial charge in [0.25, 0.3) is 0 Å². The van der Waals surface area contributed by atoms with Crippen LogP contribution in [0.25, 0.3) is 0 Å². The van der Waals surface area contributed by atoms with E-state index in [0.29, 0.717) is 13.0 Å². The normalized spacial score (nSPS) is 11.2. The molecule has 1 aromatic carbocycles. The number of benzene rings is 1. The number of methoxy groups -OCH3 is 1. The zero-order valence-electron chi connectivity index (χ0n) is 15.2. The van der Waals surface area contributed by atoms with Gasteiger partial charge in [0.1, 0.15) is 0 Å². The van der Waals surface area contributed by atoms with Gasteiger partial charge in [-0.3, -0.25) is 4.79 Å². The molecule has 0 aliphatic heterocycles. The number of nitrogens with one attached hydrogen (secondary N) is 2. The molecule has 0 aromatic heterocycles. The van der Waals surface area contributed by atoms with Crippen molar-refractivity contribution >= 4 is 11.9 Å². The molecule has 0 heterocycles. The van der Waals surface area contributed by atoms with Gasteiger partial charge in [-0.15, -0.1) is 0 Å². The van der Waals surface area contributed by atoms with Gasteiger partial charge >= 0.3 is 5.97 Å². The van der Waals surface area contributed by atoms with E-state index >= 15 is 0 Å². The first kappa shape index (κ1) is 20.0. The summed E-state index contributed by atoms with van der Waals surface area (Å²) in [5.74, 6) is 0.736. The summed E-state index contributed by atoms with van der Waals surface area (Å²) < 4.78 is 4.63. The third-order valence-electron chi connectivity index (χ3n) is 3.67. The molecule has 0 atom stereocenters. The van der Waals surface area contributed by atoms with E-state index in [-0.39, 0.29) is 5.97 Å². The first-order valence-corrected chi connectivity index (χ1v) is 8.80. The molecular weight excluding hydrogens is 302 g/mol. The number of carbonyl (C=O) groups excluding carboxylic acids is 1. The molecule has 0 amide bonds. The fourth-order valence-electron chi connectivity index (χ4n) is 2.38. The number of aryl methyl sites for hydroxylation is 1. The molecule has 0 saturated heterocycles. The van der Waals surface area contributed by atoms with Crippen LogP contribution in [0.4, 0.5) is 0 Å². The lowest BCUT2D eigenvalue weighted by molar-refractivity contribution is -0.140. The molecule has 0 aliphatic carbocycles. The zero-order chi connectivity index (χ0) is 17.6. The SMILES string of the molecule is CCNC(=NCc1cccc(C)c1)NCCCCCCC(=O)OC. The van der Waals surface area contributed by atoms with Crippen LogP contribution < -0.4 is 10.6 Å². The highest BCUT2D eigenvalue weighted by molar-refractivity contribution is 5.79. The molecule has 134 valence electrons. The van der Waals surface area contributed by atoms with E-state index < -0.39 is 0 Å². The molecule has 1 rings (SSSR count). The summed E-state index contributed by atoms with van der Waals surface area (Å²) in [6.45, 7) is 6.57. The number of aliphatic imine (C=N–C) groups is 1. The number of guanidine groups is 1. The number of esters is 1. The van der Waals surface area contributed by atoms with E-state index in [1.165, 1.54) is 18.2 Å². The predicted molar refractivity (Wildman–Crippen MR) is 99.1 cm³/mol. The third kappa shape index (κ3) is 9.18. The summed E-state index contributed by atoms with van der Waals surface area (Å²) in [7, 11) is 1.44. The van der Waals surface area contributed by atoms with E-state index in [2.05, 4.69) is 58.5 Å². The maximum Gasteiger partial charge on any atom is 0.305 e. The number of ether oxygens (including phenoxy) is 1. The first-order valence-electron chi connectivity index (χ1n) is 8.80. The van der Waals surface area contributed by atoms with Crippen molar-refractivity contribution in [2.24, 2.45) is 4.99 Å². The third-order valence-corrected chi connectivity index (χ3v) is 3.67. The van der Waals surface area contributed by atoms with Crippen molar-refractivity contribution in [3.8, 4) is 0 Å². The van der Waals surface area contributed by atoms with Crippen LogP contribution in [-0.2, 0) is 16.1 Å². The van der Waals surface area contributed by atoms with Crippen LogP contribution in [0.3, 0.4) is 0 Å². The Morgan fingerprint density at radius 2 is 1.96 bits per heavy atom. The highest BCUT2D eigenvalue weighted by Gasteiger charge is 2.00. The van der Waals surface area contributed by atoms with Gasteiger partial charge < -0.3 is 15.4 Å².